The van der Waals surface area contributed by atoms with Crippen LogP contribution in [-0.4, -0.2) is 53.7 Å². The zero-order chi connectivity index (χ0) is 20.9. The van der Waals surface area contributed by atoms with Crippen molar-refractivity contribution < 1.29 is 14.3 Å². The number of rotatable bonds is 3. The summed E-state index contributed by atoms with van der Waals surface area (Å²) in [5, 5.41) is 0.443. The third-order valence-corrected chi connectivity index (χ3v) is 4.01. The van der Waals surface area contributed by atoms with Crippen molar-refractivity contribution in [2.45, 2.75) is 33.3 Å². The van der Waals surface area contributed by atoms with E-state index in [9.17, 15) is 4.79 Å². The Balaban J connectivity index is 2.08. The average Bonchev–Trinajstić information content (AvgIpc) is 2.59. The topological polar surface area (TPSA) is 67.3 Å². The van der Waals surface area contributed by atoms with Crippen LogP contribution < -0.4 is 4.90 Å². The third-order valence-electron chi connectivity index (χ3n) is 3.74. The van der Waals surface area contributed by atoms with Crippen molar-refractivity contribution in [2.24, 2.45) is 4.99 Å². The fraction of sp³-hybridized carbons (Fsp3) is 0.450. The summed E-state index contributed by atoms with van der Waals surface area (Å²) in [5.74, 6) is 1.29. The van der Waals surface area contributed by atoms with Gasteiger partial charge in [0, 0.05) is 38.4 Å². The van der Waals surface area contributed by atoms with E-state index in [0.29, 0.717) is 48.3 Å². The van der Waals surface area contributed by atoms with Crippen LogP contribution in [0.2, 0.25) is 5.02 Å². The van der Waals surface area contributed by atoms with Gasteiger partial charge in [-0.25, -0.2) is 9.78 Å². The zero-order valence-corrected chi connectivity index (χ0v) is 17.4. The number of hydrogen-bond acceptors (Lipinski definition) is 6. The Kier molecular flexibility index (Phi) is 6.92. The Bertz CT molecular complexity index is 816. The highest BCUT2D eigenvalue weighted by Crippen LogP contribution is 2.26. The molecule has 0 bridgehead atoms. The van der Waals surface area contributed by atoms with Gasteiger partial charge in [-0.05, 0) is 33.8 Å². The second-order valence-corrected chi connectivity index (χ2v) is 7.74. The number of aromatic nitrogens is 1. The lowest BCUT2D eigenvalue weighted by Crippen LogP contribution is -2.50. The van der Waals surface area contributed by atoms with Gasteiger partial charge in [0.15, 0.2) is 0 Å². The van der Waals surface area contributed by atoms with Crippen LogP contribution in [0.15, 0.2) is 29.6 Å². The number of halogens is 1. The normalized spacial score (nSPS) is 15.1. The van der Waals surface area contributed by atoms with Crippen LogP contribution in [0.5, 0.6) is 0 Å². The maximum absolute atomic E-state index is 12.2. The van der Waals surface area contributed by atoms with E-state index in [1.165, 1.54) is 0 Å². The van der Waals surface area contributed by atoms with E-state index in [1.807, 2.05) is 25.7 Å². The molecule has 2 rings (SSSR count). The molecule has 1 aromatic heterocycles. The lowest BCUT2D eigenvalue weighted by Gasteiger charge is -2.36. The fourth-order valence-electron chi connectivity index (χ4n) is 2.58. The molecule has 7 nitrogen and oxygen atoms in total. The summed E-state index contributed by atoms with van der Waals surface area (Å²) in [4.78, 5) is 24.2. The standard InChI is InChI=1S/C20H25ClN4O3/c1-7-22-18(27-14(2)3)15-12-16(21)17(23-13-15)24-8-10-25(11-9-24)19(26)28-20(4,5)6/h1,12-13H,2,8-11H2,3-6H3/b22-18-. The van der Waals surface area contributed by atoms with Gasteiger partial charge in [-0.3, -0.25) is 0 Å². The number of hydrogen-bond donors (Lipinski definition) is 0. The van der Waals surface area contributed by atoms with Crippen molar-refractivity contribution in [3.8, 4) is 12.5 Å². The van der Waals surface area contributed by atoms with Gasteiger partial charge in [0.25, 0.3) is 0 Å². The highest BCUT2D eigenvalue weighted by molar-refractivity contribution is 6.33. The van der Waals surface area contributed by atoms with Gasteiger partial charge in [0.2, 0.25) is 5.90 Å². The van der Waals surface area contributed by atoms with Gasteiger partial charge in [-0.1, -0.05) is 24.6 Å². The molecule has 2 heterocycles. The van der Waals surface area contributed by atoms with Crippen molar-refractivity contribution in [1.29, 1.82) is 0 Å². The van der Waals surface area contributed by atoms with Crippen LogP contribution in [0, 0.1) is 12.5 Å². The molecule has 1 saturated heterocycles. The minimum absolute atomic E-state index is 0.214. The molecule has 0 saturated carbocycles. The molecular formula is C20H25ClN4O3. The molecule has 0 N–H and O–H groups in total. The smallest absolute Gasteiger partial charge is 0.410 e. The number of carbonyl (C=O) groups is 1. The van der Waals surface area contributed by atoms with E-state index in [-0.39, 0.29) is 12.0 Å². The molecule has 0 atom stereocenters. The van der Waals surface area contributed by atoms with E-state index in [4.69, 9.17) is 27.5 Å². The van der Waals surface area contributed by atoms with E-state index >= 15 is 0 Å². The maximum Gasteiger partial charge on any atom is 0.410 e. The lowest BCUT2D eigenvalue weighted by atomic mass is 10.2. The number of pyridine rings is 1. The molecule has 0 unspecified atom stereocenters. The van der Waals surface area contributed by atoms with E-state index in [2.05, 4.69) is 22.6 Å². The monoisotopic (exact) mass is 404 g/mol. The summed E-state index contributed by atoms with van der Waals surface area (Å²) in [6, 6.07) is 3.89. The lowest BCUT2D eigenvalue weighted by molar-refractivity contribution is 0.0240. The van der Waals surface area contributed by atoms with E-state index < -0.39 is 5.60 Å². The molecule has 0 aliphatic carbocycles. The molecule has 1 fully saturated rings. The predicted molar refractivity (Wildman–Crippen MR) is 111 cm³/mol. The minimum atomic E-state index is -0.515. The molecule has 0 spiro atoms. The van der Waals surface area contributed by atoms with Crippen LogP contribution in [0.25, 0.3) is 0 Å². The number of allylic oxidation sites excluding steroid dienone is 1. The van der Waals surface area contributed by atoms with Gasteiger partial charge in [0.05, 0.1) is 16.3 Å². The van der Waals surface area contributed by atoms with Crippen LogP contribution in [0.3, 0.4) is 0 Å². The highest BCUT2D eigenvalue weighted by Gasteiger charge is 2.27. The van der Waals surface area contributed by atoms with Gasteiger partial charge in [-0.2, -0.15) is 4.99 Å². The van der Waals surface area contributed by atoms with Gasteiger partial charge in [-0.15, -0.1) is 0 Å². The van der Waals surface area contributed by atoms with E-state index in [0.717, 1.165) is 0 Å². The number of amides is 1. The average molecular weight is 405 g/mol. The van der Waals surface area contributed by atoms with Crippen molar-refractivity contribution in [2.75, 3.05) is 31.1 Å². The molecule has 150 valence electrons. The van der Waals surface area contributed by atoms with Crippen molar-refractivity contribution in [3.05, 3.63) is 35.2 Å². The first-order valence-corrected chi connectivity index (χ1v) is 9.24. The molecular weight excluding hydrogens is 380 g/mol. The predicted octanol–water partition coefficient (Wildman–Crippen LogP) is 3.68. The van der Waals surface area contributed by atoms with Crippen LogP contribution >= 0.6 is 11.6 Å². The van der Waals surface area contributed by atoms with Crippen LogP contribution in [0.1, 0.15) is 33.3 Å². The first kappa shape index (κ1) is 21.6. The highest BCUT2D eigenvalue weighted by atomic mass is 35.5. The van der Waals surface area contributed by atoms with Gasteiger partial charge >= 0.3 is 6.09 Å². The number of anilines is 1. The SMILES string of the molecule is C#C/N=C(\OC(=C)C)c1cnc(N2CCN(C(=O)OC(C)(C)C)CC2)c(Cl)c1. The second kappa shape index (κ2) is 8.98. The maximum atomic E-state index is 12.2. The van der Waals surface area contributed by atoms with Crippen molar-refractivity contribution in [1.82, 2.24) is 9.88 Å². The number of ether oxygens (including phenoxy) is 2. The summed E-state index contributed by atoms with van der Waals surface area (Å²) >= 11 is 6.44. The molecule has 1 amide bonds. The molecule has 1 aromatic rings. The first-order valence-electron chi connectivity index (χ1n) is 8.86. The van der Waals surface area contributed by atoms with Gasteiger partial charge < -0.3 is 19.3 Å². The summed E-state index contributed by atoms with van der Waals surface area (Å²) in [6.07, 6.45) is 6.54. The molecule has 0 aromatic carbocycles. The summed E-state index contributed by atoms with van der Waals surface area (Å²) in [6.45, 7) is 13.2. The number of terminal acetylenes is 1. The Morgan fingerprint density at radius 3 is 2.50 bits per heavy atom. The quantitative estimate of drug-likeness (QED) is 0.333. The molecule has 0 radical (unpaired) electrons. The van der Waals surface area contributed by atoms with Crippen molar-refractivity contribution >= 4 is 29.4 Å². The number of aliphatic imine (C=N–C) groups is 1. The Labute approximate surface area is 171 Å². The largest absolute Gasteiger partial charge is 0.444 e. The first-order chi connectivity index (χ1) is 13.1. The Morgan fingerprint density at radius 1 is 1.36 bits per heavy atom. The minimum Gasteiger partial charge on any atom is -0.444 e. The molecule has 1 aliphatic heterocycles. The van der Waals surface area contributed by atoms with E-state index in [1.54, 1.807) is 24.1 Å². The molecule has 28 heavy (non-hydrogen) atoms. The summed E-state index contributed by atoms with van der Waals surface area (Å²) in [7, 11) is 0. The summed E-state index contributed by atoms with van der Waals surface area (Å²) in [5.41, 5.74) is 0.0420. The van der Waals surface area contributed by atoms with Crippen LogP contribution in [0.4, 0.5) is 10.6 Å². The summed E-state index contributed by atoms with van der Waals surface area (Å²) < 4.78 is 10.9. The molecule has 8 heteroatoms. The number of carbonyl (C=O) groups excluding carboxylic acids is 1. The Hall–Kier alpha value is -2.72. The Morgan fingerprint density at radius 2 is 2.00 bits per heavy atom. The van der Waals surface area contributed by atoms with Crippen molar-refractivity contribution in [3.63, 3.8) is 0 Å². The third kappa shape index (κ3) is 5.89. The second-order valence-electron chi connectivity index (χ2n) is 7.33. The number of piperazine rings is 1. The van der Waals surface area contributed by atoms with Crippen LogP contribution in [-0.2, 0) is 9.47 Å². The fourth-order valence-corrected chi connectivity index (χ4v) is 2.86. The molecule has 1 aliphatic rings. The zero-order valence-electron chi connectivity index (χ0n) is 16.7. The number of nitrogens with zero attached hydrogens (tertiary/aromatic N) is 4. The van der Waals surface area contributed by atoms with Gasteiger partial charge in [0.1, 0.15) is 11.4 Å².